The molecule has 2 rings (SSSR count). The Balaban J connectivity index is 1.84. The molecule has 0 unspecified atom stereocenters. The van der Waals surface area contributed by atoms with Gasteiger partial charge in [-0.05, 0) is 49.8 Å². The second-order valence-electron chi connectivity index (χ2n) is 6.13. The van der Waals surface area contributed by atoms with Gasteiger partial charge in [0.2, 0.25) is 0 Å². The summed E-state index contributed by atoms with van der Waals surface area (Å²) in [6, 6.07) is 4.21. The van der Waals surface area contributed by atoms with Crippen molar-refractivity contribution < 1.29 is 0 Å². The van der Waals surface area contributed by atoms with Crippen LogP contribution in [0.5, 0.6) is 0 Å². The van der Waals surface area contributed by atoms with Gasteiger partial charge in [0, 0.05) is 19.6 Å². The molecule has 1 aromatic rings. The van der Waals surface area contributed by atoms with Gasteiger partial charge in [-0.3, -0.25) is 0 Å². The van der Waals surface area contributed by atoms with Crippen LogP contribution in [-0.2, 0) is 6.54 Å². The Morgan fingerprint density at radius 1 is 1.25 bits per heavy atom. The van der Waals surface area contributed by atoms with Gasteiger partial charge in [0.25, 0.3) is 0 Å². The molecule has 4 heteroatoms. The maximum atomic E-state index is 4.39. The molecule has 0 saturated carbocycles. The molecule has 2 heterocycles. The lowest BCUT2D eigenvalue weighted by molar-refractivity contribution is 0.310. The fraction of sp³-hybridized carbons (Fsp3) is 0.750. The maximum Gasteiger partial charge on any atom is 0.151 e. The van der Waals surface area contributed by atoms with E-state index in [1.165, 1.54) is 12.8 Å². The van der Waals surface area contributed by atoms with E-state index >= 15 is 0 Å². The van der Waals surface area contributed by atoms with Crippen molar-refractivity contribution in [1.29, 1.82) is 0 Å². The van der Waals surface area contributed by atoms with Crippen LogP contribution in [-0.4, -0.2) is 29.8 Å². The fourth-order valence-corrected chi connectivity index (χ4v) is 2.80. The topological polar surface area (TPSA) is 41.0 Å². The summed E-state index contributed by atoms with van der Waals surface area (Å²) in [6.07, 6.45) is 3.70. The van der Waals surface area contributed by atoms with Crippen molar-refractivity contribution >= 4 is 5.82 Å². The molecule has 0 bridgehead atoms. The van der Waals surface area contributed by atoms with Gasteiger partial charge in [-0.1, -0.05) is 20.8 Å². The third-order valence-electron chi connectivity index (χ3n) is 4.25. The molecule has 0 amide bonds. The van der Waals surface area contributed by atoms with Gasteiger partial charge < -0.3 is 10.2 Å². The largest absolute Gasteiger partial charge is 0.355 e. The summed E-state index contributed by atoms with van der Waals surface area (Å²) < 4.78 is 0. The zero-order valence-electron chi connectivity index (χ0n) is 13.1. The van der Waals surface area contributed by atoms with Crippen LogP contribution >= 0.6 is 0 Å². The first-order valence-electron chi connectivity index (χ1n) is 7.99. The minimum absolute atomic E-state index is 0.801. The van der Waals surface area contributed by atoms with E-state index in [1.54, 1.807) is 0 Å². The Labute approximate surface area is 123 Å². The molecular formula is C16H28N4. The Bertz CT molecular complexity index is 380. The van der Waals surface area contributed by atoms with Crippen molar-refractivity contribution in [3.63, 3.8) is 0 Å². The van der Waals surface area contributed by atoms with Crippen LogP contribution < -0.4 is 10.2 Å². The summed E-state index contributed by atoms with van der Waals surface area (Å²) in [7, 11) is 0. The van der Waals surface area contributed by atoms with Crippen LogP contribution in [0.15, 0.2) is 12.1 Å². The average Bonchev–Trinajstić information content (AvgIpc) is 2.48. The molecule has 4 nitrogen and oxygen atoms in total. The van der Waals surface area contributed by atoms with Crippen LogP contribution in [0.3, 0.4) is 0 Å². The second-order valence-corrected chi connectivity index (χ2v) is 6.13. The number of nitrogens with zero attached hydrogens (tertiary/aromatic N) is 3. The van der Waals surface area contributed by atoms with E-state index in [0.717, 1.165) is 55.9 Å². The van der Waals surface area contributed by atoms with E-state index in [4.69, 9.17) is 0 Å². The third kappa shape index (κ3) is 4.17. The molecule has 0 radical (unpaired) electrons. The van der Waals surface area contributed by atoms with Crippen molar-refractivity contribution in [2.45, 2.75) is 46.6 Å². The van der Waals surface area contributed by atoms with E-state index in [0.29, 0.717) is 0 Å². The molecule has 1 saturated heterocycles. The number of nitrogens with one attached hydrogen (secondary N) is 1. The first-order valence-corrected chi connectivity index (χ1v) is 7.99. The quantitative estimate of drug-likeness (QED) is 0.811. The highest BCUT2D eigenvalue weighted by Crippen LogP contribution is 2.26. The zero-order valence-corrected chi connectivity index (χ0v) is 13.1. The highest BCUT2D eigenvalue weighted by molar-refractivity contribution is 5.37. The predicted molar refractivity (Wildman–Crippen MR) is 83.8 cm³/mol. The lowest BCUT2D eigenvalue weighted by Crippen LogP contribution is -2.35. The molecule has 1 aliphatic heterocycles. The van der Waals surface area contributed by atoms with Gasteiger partial charge >= 0.3 is 0 Å². The van der Waals surface area contributed by atoms with Crippen LogP contribution in [0.1, 0.15) is 45.7 Å². The SMILES string of the molecule is CCCNCc1ccc(N2CCC(C(C)C)CC2)nn1. The first-order chi connectivity index (χ1) is 9.70. The van der Waals surface area contributed by atoms with Gasteiger partial charge in [0.05, 0.1) is 5.69 Å². The number of hydrogen-bond donors (Lipinski definition) is 1. The molecule has 112 valence electrons. The molecule has 1 aliphatic rings. The summed E-state index contributed by atoms with van der Waals surface area (Å²) in [5.74, 6) is 2.71. The number of aromatic nitrogens is 2. The van der Waals surface area contributed by atoms with Gasteiger partial charge in [0.1, 0.15) is 0 Å². The number of piperidine rings is 1. The molecule has 20 heavy (non-hydrogen) atoms. The third-order valence-corrected chi connectivity index (χ3v) is 4.25. The van der Waals surface area contributed by atoms with E-state index in [9.17, 15) is 0 Å². The summed E-state index contributed by atoms with van der Waals surface area (Å²) >= 11 is 0. The lowest BCUT2D eigenvalue weighted by atomic mass is 9.87. The highest BCUT2D eigenvalue weighted by atomic mass is 15.3. The molecule has 1 aromatic heterocycles. The molecular weight excluding hydrogens is 248 g/mol. The average molecular weight is 276 g/mol. The Hall–Kier alpha value is -1.16. The van der Waals surface area contributed by atoms with E-state index in [1.807, 2.05) is 0 Å². The molecule has 0 atom stereocenters. The van der Waals surface area contributed by atoms with Crippen LogP contribution in [0.4, 0.5) is 5.82 Å². The summed E-state index contributed by atoms with van der Waals surface area (Å²) in [5, 5.41) is 12.1. The number of anilines is 1. The molecule has 0 aromatic carbocycles. The minimum Gasteiger partial charge on any atom is -0.355 e. The lowest BCUT2D eigenvalue weighted by Gasteiger charge is -2.34. The van der Waals surface area contributed by atoms with E-state index in [2.05, 4.69) is 53.3 Å². The normalized spacial score (nSPS) is 16.9. The predicted octanol–water partition coefficient (Wildman–Crippen LogP) is 2.85. The molecule has 0 spiro atoms. The first kappa shape index (κ1) is 15.2. The Kier molecular flexibility index (Phi) is 5.77. The smallest absolute Gasteiger partial charge is 0.151 e. The summed E-state index contributed by atoms with van der Waals surface area (Å²) in [4.78, 5) is 2.37. The van der Waals surface area contributed by atoms with Gasteiger partial charge in [0.15, 0.2) is 5.82 Å². The van der Waals surface area contributed by atoms with Gasteiger partial charge in [-0.15, -0.1) is 5.10 Å². The summed E-state index contributed by atoms with van der Waals surface area (Å²) in [5.41, 5.74) is 1.03. The standard InChI is InChI=1S/C16H28N4/c1-4-9-17-12-15-5-6-16(19-18-15)20-10-7-14(8-11-20)13(2)3/h5-6,13-14,17H,4,7-12H2,1-3H3. The van der Waals surface area contributed by atoms with E-state index < -0.39 is 0 Å². The number of rotatable bonds is 6. The van der Waals surface area contributed by atoms with Crippen molar-refractivity contribution in [3.05, 3.63) is 17.8 Å². The van der Waals surface area contributed by atoms with Crippen molar-refractivity contribution in [3.8, 4) is 0 Å². The zero-order chi connectivity index (χ0) is 14.4. The van der Waals surface area contributed by atoms with Crippen LogP contribution in [0.25, 0.3) is 0 Å². The molecule has 1 fully saturated rings. The van der Waals surface area contributed by atoms with Crippen molar-refractivity contribution in [2.75, 3.05) is 24.5 Å². The van der Waals surface area contributed by atoms with Gasteiger partial charge in [-0.2, -0.15) is 5.10 Å². The summed E-state index contributed by atoms with van der Waals surface area (Å²) in [6.45, 7) is 10.9. The van der Waals surface area contributed by atoms with Crippen LogP contribution in [0.2, 0.25) is 0 Å². The molecule has 0 aliphatic carbocycles. The van der Waals surface area contributed by atoms with Gasteiger partial charge in [-0.25, -0.2) is 0 Å². The highest BCUT2D eigenvalue weighted by Gasteiger charge is 2.22. The van der Waals surface area contributed by atoms with Crippen LogP contribution in [0, 0.1) is 11.8 Å². The Morgan fingerprint density at radius 3 is 2.55 bits per heavy atom. The molecule has 1 N–H and O–H groups in total. The van der Waals surface area contributed by atoms with Crippen molar-refractivity contribution in [1.82, 2.24) is 15.5 Å². The maximum absolute atomic E-state index is 4.39. The van der Waals surface area contributed by atoms with Crippen molar-refractivity contribution in [2.24, 2.45) is 11.8 Å². The monoisotopic (exact) mass is 276 g/mol. The Morgan fingerprint density at radius 2 is 2.00 bits per heavy atom. The van der Waals surface area contributed by atoms with E-state index in [-0.39, 0.29) is 0 Å². The minimum atomic E-state index is 0.801. The fourth-order valence-electron chi connectivity index (χ4n) is 2.80. The number of hydrogen-bond acceptors (Lipinski definition) is 4. The second kappa shape index (κ2) is 7.58.